The Labute approximate surface area is 90.3 Å². The quantitative estimate of drug-likeness (QED) is 0.657. The van der Waals surface area contributed by atoms with E-state index < -0.39 is 5.60 Å². The number of carbonyl (C=O) groups is 1. The molecule has 0 radical (unpaired) electrons. The average molecular weight is 204 g/mol. The fourth-order valence-corrected chi connectivity index (χ4v) is 2.25. The molecule has 1 aromatic carbocycles. The van der Waals surface area contributed by atoms with Crippen molar-refractivity contribution >= 4 is 5.97 Å². The topological polar surface area (TPSA) is 26.3 Å². The second kappa shape index (κ2) is 3.09. The van der Waals surface area contributed by atoms with Crippen LogP contribution in [0.5, 0.6) is 0 Å². The van der Waals surface area contributed by atoms with Crippen LogP contribution in [-0.4, -0.2) is 5.97 Å². The highest BCUT2D eigenvalue weighted by atomic mass is 16.6. The maximum Gasteiger partial charge on any atom is 0.312 e. The van der Waals surface area contributed by atoms with Crippen molar-refractivity contribution in [1.29, 1.82) is 0 Å². The lowest BCUT2D eigenvalue weighted by atomic mass is 9.81. The third-order valence-electron chi connectivity index (χ3n) is 3.03. The zero-order chi connectivity index (χ0) is 11.1. The molecule has 0 spiro atoms. The van der Waals surface area contributed by atoms with Gasteiger partial charge in [0.05, 0.1) is 5.41 Å². The van der Waals surface area contributed by atoms with Crippen molar-refractivity contribution in [3.05, 3.63) is 35.9 Å². The fourth-order valence-electron chi connectivity index (χ4n) is 2.25. The van der Waals surface area contributed by atoms with E-state index in [4.69, 9.17) is 4.74 Å². The summed E-state index contributed by atoms with van der Waals surface area (Å²) in [6.45, 7) is 5.85. The third-order valence-corrected chi connectivity index (χ3v) is 3.03. The lowest BCUT2D eigenvalue weighted by molar-refractivity contribution is -0.152. The second-order valence-corrected chi connectivity index (χ2v) is 5.05. The molecule has 0 aliphatic carbocycles. The first-order valence-corrected chi connectivity index (χ1v) is 5.23. The Kier molecular flexibility index (Phi) is 2.10. The van der Waals surface area contributed by atoms with Gasteiger partial charge in [-0.2, -0.15) is 0 Å². The Morgan fingerprint density at radius 3 is 2.20 bits per heavy atom. The molecule has 2 heteroatoms. The van der Waals surface area contributed by atoms with Gasteiger partial charge in [-0.15, -0.1) is 0 Å². The van der Waals surface area contributed by atoms with Gasteiger partial charge in [-0.25, -0.2) is 0 Å². The normalized spacial score (nSPS) is 28.9. The minimum atomic E-state index is -0.457. The Morgan fingerprint density at radius 2 is 1.73 bits per heavy atom. The van der Waals surface area contributed by atoms with E-state index in [1.807, 2.05) is 51.1 Å². The summed E-state index contributed by atoms with van der Waals surface area (Å²) in [5.74, 6) is -0.103. The van der Waals surface area contributed by atoms with Crippen LogP contribution < -0.4 is 0 Å². The van der Waals surface area contributed by atoms with Gasteiger partial charge in [-0.1, -0.05) is 30.3 Å². The molecule has 0 bridgehead atoms. The first-order chi connectivity index (χ1) is 6.94. The first-order valence-electron chi connectivity index (χ1n) is 5.23. The molecular weight excluding hydrogens is 188 g/mol. The lowest BCUT2D eigenvalue weighted by Gasteiger charge is -2.23. The van der Waals surface area contributed by atoms with E-state index in [2.05, 4.69) is 0 Å². The summed E-state index contributed by atoms with van der Waals surface area (Å²) >= 11 is 0. The molecule has 1 atom stereocenters. The minimum Gasteiger partial charge on any atom is -0.454 e. The van der Waals surface area contributed by atoms with Crippen LogP contribution in [0.25, 0.3) is 0 Å². The summed E-state index contributed by atoms with van der Waals surface area (Å²) in [6, 6.07) is 9.93. The number of ether oxygens (including phenoxy) is 1. The van der Waals surface area contributed by atoms with Crippen LogP contribution in [0.1, 0.15) is 32.8 Å². The molecule has 80 valence electrons. The predicted octanol–water partition coefficient (Wildman–Crippen LogP) is 2.87. The Morgan fingerprint density at radius 1 is 1.13 bits per heavy atom. The average Bonchev–Trinajstić information content (AvgIpc) is 2.38. The summed E-state index contributed by atoms with van der Waals surface area (Å²) in [7, 11) is 0. The van der Waals surface area contributed by atoms with Crippen molar-refractivity contribution < 1.29 is 9.53 Å². The van der Waals surface area contributed by atoms with Gasteiger partial charge in [0, 0.05) is 6.42 Å². The molecule has 1 aliphatic rings. The zero-order valence-corrected chi connectivity index (χ0v) is 9.41. The summed E-state index contributed by atoms with van der Waals surface area (Å²) in [5.41, 5.74) is 0.246. The van der Waals surface area contributed by atoms with Gasteiger partial charge in [-0.05, 0) is 26.3 Å². The van der Waals surface area contributed by atoms with Crippen LogP contribution in [0.15, 0.2) is 30.3 Å². The Hall–Kier alpha value is -1.31. The summed E-state index contributed by atoms with van der Waals surface area (Å²) in [4.78, 5) is 11.7. The van der Waals surface area contributed by atoms with E-state index in [0.29, 0.717) is 0 Å². The van der Waals surface area contributed by atoms with Crippen molar-refractivity contribution in [2.75, 3.05) is 0 Å². The fraction of sp³-hybridized carbons (Fsp3) is 0.462. The molecule has 2 rings (SSSR count). The van der Waals surface area contributed by atoms with E-state index >= 15 is 0 Å². The molecule has 0 amide bonds. The van der Waals surface area contributed by atoms with Crippen molar-refractivity contribution in [2.24, 2.45) is 5.41 Å². The standard InChI is InChI=1S/C13H16O2/c1-12(2)9-13(3,15-11(12)14)10-7-5-4-6-8-10/h4-8H,9H2,1-3H3/t13-/m1/s1. The zero-order valence-electron chi connectivity index (χ0n) is 9.41. The van der Waals surface area contributed by atoms with Gasteiger partial charge in [0.25, 0.3) is 0 Å². The molecule has 2 nitrogen and oxygen atoms in total. The van der Waals surface area contributed by atoms with Crippen molar-refractivity contribution in [3.8, 4) is 0 Å². The van der Waals surface area contributed by atoms with Gasteiger partial charge >= 0.3 is 5.97 Å². The SMILES string of the molecule is CC1(C)C[C@](C)(c2ccccc2)OC1=O. The number of hydrogen-bond acceptors (Lipinski definition) is 2. The van der Waals surface area contributed by atoms with Crippen LogP contribution in [0, 0.1) is 5.41 Å². The smallest absolute Gasteiger partial charge is 0.312 e. The third kappa shape index (κ3) is 1.65. The van der Waals surface area contributed by atoms with Gasteiger partial charge in [-0.3, -0.25) is 4.79 Å². The molecule has 0 unspecified atom stereocenters. The highest BCUT2D eigenvalue weighted by Gasteiger charge is 2.49. The number of cyclic esters (lactones) is 1. The van der Waals surface area contributed by atoms with Crippen LogP contribution >= 0.6 is 0 Å². The number of hydrogen-bond donors (Lipinski definition) is 0. The summed E-state index contributed by atoms with van der Waals surface area (Å²) < 4.78 is 5.51. The second-order valence-electron chi connectivity index (χ2n) is 5.05. The van der Waals surface area contributed by atoms with Gasteiger partial charge in [0.15, 0.2) is 0 Å². The van der Waals surface area contributed by atoms with E-state index in [1.165, 1.54) is 0 Å². The lowest BCUT2D eigenvalue weighted by Crippen LogP contribution is -2.21. The summed E-state index contributed by atoms with van der Waals surface area (Å²) in [5, 5.41) is 0. The maximum absolute atomic E-state index is 11.7. The van der Waals surface area contributed by atoms with E-state index in [-0.39, 0.29) is 11.4 Å². The number of esters is 1. The molecule has 0 aromatic heterocycles. The van der Waals surface area contributed by atoms with Crippen molar-refractivity contribution in [1.82, 2.24) is 0 Å². The molecule has 1 saturated heterocycles. The maximum atomic E-state index is 11.7. The molecule has 0 N–H and O–H groups in total. The summed E-state index contributed by atoms with van der Waals surface area (Å²) in [6.07, 6.45) is 0.739. The number of rotatable bonds is 1. The molecular formula is C13H16O2. The number of benzene rings is 1. The molecule has 1 fully saturated rings. The molecule has 1 aromatic rings. The van der Waals surface area contributed by atoms with E-state index in [1.54, 1.807) is 0 Å². The molecule has 1 heterocycles. The number of carbonyl (C=O) groups excluding carboxylic acids is 1. The van der Waals surface area contributed by atoms with Crippen molar-refractivity contribution in [3.63, 3.8) is 0 Å². The van der Waals surface area contributed by atoms with Crippen LogP contribution in [0.2, 0.25) is 0 Å². The van der Waals surface area contributed by atoms with Gasteiger partial charge in [0.1, 0.15) is 5.60 Å². The predicted molar refractivity (Wildman–Crippen MR) is 58.3 cm³/mol. The highest BCUT2D eigenvalue weighted by molar-refractivity contribution is 5.79. The van der Waals surface area contributed by atoms with Crippen molar-refractivity contribution in [2.45, 2.75) is 32.8 Å². The first kappa shape index (κ1) is 10.2. The van der Waals surface area contributed by atoms with Crippen LogP contribution in [-0.2, 0) is 15.1 Å². The Balaban J connectivity index is 2.36. The molecule has 0 saturated carbocycles. The Bertz CT molecular complexity index is 381. The van der Waals surface area contributed by atoms with Crippen LogP contribution in [0.4, 0.5) is 0 Å². The molecule has 1 aliphatic heterocycles. The van der Waals surface area contributed by atoms with E-state index in [0.717, 1.165) is 12.0 Å². The van der Waals surface area contributed by atoms with E-state index in [9.17, 15) is 4.79 Å². The highest BCUT2D eigenvalue weighted by Crippen LogP contribution is 2.45. The molecule has 15 heavy (non-hydrogen) atoms. The largest absolute Gasteiger partial charge is 0.454 e. The van der Waals surface area contributed by atoms with Gasteiger partial charge < -0.3 is 4.74 Å². The van der Waals surface area contributed by atoms with Gasteiger partial charge in [0.2, 0.25) is 0 Å². The van der Waals surface area contributed by atoms with Crippen LogP contribution in [0.3, 0.4) is 0 Å². The minimum absolute atomic E-state index is 0.103. The monoisotopic (exact) mass is 204 g/mol.